The molecule has 0 bridgehead atoms. The van der Waals surface area contributed by atoms with Crippen molar-refractivity contribution in [1.29, 1.82) is 0 Å². The van der Waals surface area contributed by atoms with Crippen LogP contribution in [0.15, 0.2) is 59.1 Å². The Bertz CT molecular complexity index is 1050. The molecule has 0 radical (unpaired) electrons. The number of amides is 1. The Kier molecular flexibility index (Phi) is 4.10. The maximum atomic E-state index is 12.6. The molecule has 5 nitrogen and oxygen atoms in total. The average Bonchev–Trinajstić information content (AvgIpc) is 3.18. The average molecular weight is 413 g/mol. The number of fused-ring (bicyclic) bond motifs is 1. The number of thiazole rings is 1. The minimum atomic E-state index is -0.199. The number of halogens is 1. The summed E-state index contributed by atoms with van der Waals surface area (Å²) in [7, 11) is 0. The van der Waals surface area contributed by atoms with Crippen LogP contribution in [0, 0.1) is 6.92 Å². The summed E-state index contributed by atoms with van der Waals surface area (Å²) in [6.07, 6.45) is 0. The van der Waals surface area contributed by atoms with Gasteiger partial charge in [-0.1, -0.05) is 35.6 Å². The summed E-state index contributed by atoms with van der Waals surface area (Å²) >= 11 is 4.94. The van der Waals surface area contributed by atoms with E-state index in [1.807, 2.05) is 55.5 Å². The van der Waals surface area contributed by atoms with E-state index >= 15 is 0 Å². The summed E-state index contributed by atoms with van der Waals surface area (Å²) in [6.45, 7) is 1.89. The molecule has 0 aliphatic carbocycles. The summed E-state index contributed by atoms with van der Waals surface area (Å²) in [5.41, 5.74) is 2.29. The number of nitrogens with zero attached hydrogens (tertiary/aromatic N) is 3. The van der Waals surface area contributed by atoms with Gasteiger partial charge < -0.3 is 5.32 Å². The zero-order chi connectivity index (χ0) is 17.4. The highest BCUT2D eigenvalue weighted by atomic mass is 79.9. The lowest BCUT2D eigenvalue weighted by Crippen LogP contribution is -2.15. The van der Waals surface area contributed by atoms with Gasteiger partial charge in [-0.3, -0.25) is 4.79 Å². The van der Waals surface area contributed by atoms with Gasteiger partial charge in [0.1, 0.15) is 5.82 Å². The van der Waals surface area contributed by atoms with Crippen LogP contribution in [0.25, 0.3) is 15.3 Å². The number of rotatable bonds is 3. The highest BCUT2D eigenvalue weighted by Gasteiger charge is 2.16. The van der Waals surface area contributed by atoms with E-state index in [-0.39, 0.29) is 5.91 Å². The van der Waals surface area contributed by atoms with Crippen LogP contribution in [0.5, 0.6) is 0 Å². The minimum absolute atomic E-state index is 0.199. The third-order valence-corrected chi connectivity index (χ3v) is 5.36. The smallest absolute Gasteiger partial charge is 0.257 e. The van der Waals surface area contributed by atoms with Crippen molar-refractivity contribution in [3.05, 3.63) is 70.3 Å². The van der Waals surface area contributed by atoms with E-state index in [1.165, 1.54) is 11.3 Å². The molecule has 1 amide bonds. The number of aryl methyl sites for hydroxylation is 1. The Labute approximate surface area is 156 Å². The molecule has 4 rings (SSSR count). The lowest BCUT2D eigenvalue weighted by atomic mass is 10.2. The van der Waals surface area contributed by atoms with Crippen molar-refractivity contribution < 1.29 is 4.79 Å². The number of anilines is 1. The maximum absolute atomic E-state index is 12.6. The zero-order valence-electron chi connectivity index (χ0n) is 13.2. The topological polar surface area (TPSA) is 59.8 Å². The maximum Gasteiger partial charge on any atom is 0.257 e. The largest absolute Gasteiger partial charge is 0.306 e. The van der Waals surface area contributed by atoms with Crippen molar-refractivity contribution in [1.82, 2.24) is 14.8 Å². The van der Waals surface area contributed by atoms with Gasteiger partial charge in [0.15, 0.2) is 0 Å². The fraction of sp³-hybridized carbons (Fsp3) is 0.0556. The van der Waals surface area contributed by atoms with Gasteiger partial charge in [-0.15, -0.1) is 0 Å². The SMILES string of the molecule is Cc1cc(NC(=O)c2ccccc2Br)n(-c2nc3ccccc3s2)n1. The molecule has 0 aliphatic heterocycles. The highest BCUT2D eigenvalue weighted by Crippen LogP contribution is 2.27. The quantitative estimate of drug-likeness (QED) is 0.525. The molecule has 2 heterocycles. The molecule has 0 atom stereocenters. The van der Waals surface area contributed by atoms with Crippen LogP contribution in [0.1, 0.15) is 16.1 Å². The van der Waals surface area contributed by atoms with E-state index in [2.05, 4.69) is 31.3 Å². The number of aromatic nitrogens is 3. The Morgan fingerprint density at radius 3 is 2.72 bits per heavy atom. The summed E-state index contributed by atoms with van der Waals surface area (Å²) in [5, 5.41) is 8.13. The second-order valence-corrected chi connectivity index (χ2v) is 7.34. The first kappa shape index (κ1) is 16.0. The number of hydrogen-bond acceptors (Lipinski definition) is 4. The minimum Gasteiger partial charge on any atom is -0.306 e. The van der Waals surface area contributed by atoms with Crippen LogP contribution >= 0.6 is 27.3 Å². The summed E-state index contributed by atoms with van der Waals surface area (Å²) in [5.74, 6) is 0.395. The van der Waals surface area contributed by atoms with Gasteiger partial charge in [-0.2, -0.15) is 9.78 Å². The molecule has 2 aromatic carbocycles. The first-order chi connectivity index (χ1) is 12.1. The molecule has 2 aromatic heterocycles. The second-order valence-electron chi connectivity index (χ2n) is 5.48. The van der Waals surface area contributed by atoms with E-state index in [4.69, 9.17) is 0 Å². The van der Waals surface area contributed by atoms with Crippen LogP contribution in [0.2, 0.25) is 0 Å². The number of para-hydroxylation sites is 1. The normalized spacial score (nSPS) is 11.0. The molecular formula is C18H13BrN4OS. The molecule has 1 N–H and O–H groups in total. The van der Waals surface area contributed by atoms with Crippen LogP contribution in [0.4, 0.5) is 5.82 Å². The van der Waals surface area contributed by atoms with E-state index in [0.717, 1.165) is 25.5 Å². The van der Waals surface area contributed by atoms with Crippen LogP contribution < -0.4 is 5.32 Å². The van der Waals surface area contributed by atoms with Gasteiger partial charge >= 0.3 is 0 Å². The number of hydrogen-bond donors (Lipinski definition) is 1. The van der Waals surface area contributed by atoms with Crippen LogP contribution in [-0.4, -0.2) is 20.7 Å². The van der Waals surface area contributed by atoms with Crippen molar-refractivity contribution in [2.24, 2.45) is 0 Å². The van der Waals surface area contributed by atoms with Crippen molar-refractivity contribution in [2.45, 2.75) is 6.92 Å². The van der Waals surface area contributed by atoms with Crippen LogP contribution in [-0.2, 0) is 0 Å². The van der Waals surface area contributed by atoms with E-state index in [0.29, 0.717) is 11.4 Å². The molecule has 0 fully saturated rings. The fourth-order valence-corrected chi connectivity index (χ4v) is 3.91. The monoisotopic (exact) mass is 412 g/mol. The Morgan fingerprint density at radius 1 is 1.16 bits per heavy atom. The number of carbonyl (C=O) groups excluding carboxylic acids is 1. The van der Waals surface area contributed by atoms with Gasteiger partial charge in [-0.25, -0.2) is 4.98 Å². The lowest BCUT2D eigenvalue weighted by molar-refractivity contribution is 0.102. The molecule has 25 heavy (non-hydrogen) atoms. The third-order valence-electron chi connectivity index (χ3n) is 3.66. The lowest BCUT2D eigenvalue weighted by Gasteiger charge is -2.07. The molecule has 0 saturated heterocycles. The molecule has 4 aromatic rings. The predicted molar refractivity (Wildman–Crippen MR) is 104 cm³/mol. The van der Waals surface area contributed by atoms with E-state index in [9.17, 15) is 4.79 Å². The first-order valence-electron chi connectivity index (χ1n) is 7.60. The number of carbonyl (C=O) groups is 1. The van der Waals surface area contributed by atoms with E-state index < -0.39 is 0 Å². The van der Waals surface area contributed by atoms with E-state index in [1.54, 1.807) is 10.7 Å². The first-order valence-corrected chi connectivity index (χ1v) is 9.21. The van der Waals surface area contributed by atoms with Gasteiger partial charge in [0, 0.05) is 10.5 Å². The van der Waals surface area contributed by atoms with Crippen LogP contribution in [0.3, 0.4) is 0 Å². The molecule has 0 spiro atoms. The fourth-order valence-electron chi connectivity index (χ4n) is 2.51. The predicted octanol–water partition coefficient (Wildman–Crippen LogP) is 4.81. The van der Waals surface area contributed by atoms with Crippen molar-refractivity contribution in [2.75, 3.05) is 5.32 Å². The van der Waals surface area contributed by atoms with Crippen molar-refractivity contribution >= 4 is 49.2 Å². The Morgan fingerprint density at radius 2 is 1.92 bits per heavy atom. The zero-order valence-corrected chi connectivity index (χ0v) is 15.6. The summed E-state index contributed by atoms with van der Waals surface area (Å²) < 4.78 is 3.50. The van der Waals surface area contributed by atoms with Crippen molar-refractivity contribution in [3.8, 4) is 5.13 Å². The summed E-state index contributed by atoms with van der Waals surface area (Å²) in [6, 6.07) is 17.1. The molecule has 0 unspecified atom stereocenters. The van der Waals surface area contributed by atoms with Gasteiger partial charge in [0.05, 0.1) is 21.5 Å². The molecule has 0 saturated carbocycles. The molecular weight excluding hydrogens is 400 g/mol. The number of nitrogens with one attached hydrogen (secondary N) is 1. The standard InChI is InChI=1S/C18H13BrN4OS/c1-11-10-16(21-17(24)12-6-2-3-7-13(12)19)23(22-11)18-20-14-8-4-5-9-15(14)25-18/h2-10H,1H3,(H,21,24). The Hall–Kier alpha value is -2.51. The second kappa shape index (κ2) is 6.42. The highest BCUT2D eigenvalue weighted by molar-refractivity contribution is 9.10. The number of benzene rings is 2. The molecule has 0 aliphatic rings. The third kappa shape index (κ3) is 3.08. The Balaban J connectivity index is 1.72. The van der Waals surface area contributed by atoms with Crippen molar-refractivity contribution in [3.63, 3.8) is 0 Å². The van der Waals surface area contributed by atoms with Gasteiger partial charge in [-0.05, 0) is 47.1 Å². The summed E-state index contributed by atoms with van der Waals surface area (Å²) in [4.78, 5) is 17.2. The van der Waals surface area contributed by atoms with Gasteiger partial charge in [0.25, 0.3) is 5.91 Å². The molecule has 7 heteroatoms. The van der Waals surface area contributed by atoms with Gasteiger partial charge in [0.2, 0.25) is 5.13 Å². The molecule has 124 valence electrons.